The van der Waals surface area contributed by atoms with Gasteiger partial charge in [0.05, 0.1) is 0 Å². The average molecular weight is 760 g/mol. The predicted octanol–water partition coefficient (Wildman–Crippen LogP) is -1.19. The third-order valence-electron chi connectivity index (χ3n) is 7.73. The second-order valence-electron chi connectivity index (χ2n) is 9.62. The lowest BCUT2D eigenvalue weighted by atomic mass is 10.0. The Morgan fingerprint density at radius 1 is 0.622 bits per heavy atom. The summed E-state index contributed by atoms with van der Waals surface area (Å²) in [7, 11) is 0. The second kappa shape index (κ2) is 12.8. The number of rotatable bonds is 6. The molecule has 8 heteroatoms. The summed E-state index contributed by atoms with van der Waals surface area (Å²) in [4.78, 5) is 14.5. The standard InChI is InChI=1S/C29H34Br2N4.2BrH/c1-9-20-18(7)24(11-22-14(3)16(5)28(30)34-22)32-26(20)13-27-21(10-2)19(8)25(33-27)12-23-15(4)17(6)29(31)35-23;;/h11-12,32-33H,9-10,13H2,1-8H3;2*1H/b22-11-,23-12-;;. The normalized spacial score (nSPS) is 17.6. The Morgan fingerprint density at radius 2 is 0.973 bits per heavy atom. The Balaban J connectivity index is 0.00000241. The molecule has 4 N–H and O–H groups in total. The Labute approximate surface area is 258 Å². The van der Waals surface area contributed by atoms with Gasteiger partial charge in [-0.1, -0.05) is 13.8 Å². The van der Waals surface area contributed by atoms with Crippen molar-refractivity contribution in [1.29, 1.82) is 0 Å². The minimum atomic E-state index is 0. The van der Waals surface area contributed by atoms with Crippen molar-refractivity contribution in [1.82, 2.24) is 9.97 Å². The molecule has 0 atom stereocenters. The summed E-state index contributed by atoms with van der Waals surface area (Å²) < 4.78 is 2.11. The number of aromatic amines is 2. The maximum atomic E-state index is 3.77. The van der Waals surface area contributed by atoms with Crippen LogP contribution in [0.5, 0.6) is 0 Å². The second-order valence-corrected chi connectivity index (χ2v) is 11.2. The van der Waals surface area contributed by atoms with E-state index in [1.54, 1.807) is 0 Å². The highest BCUT2D eigenvalue weighted by Crippen LogP contribution is 2.29. The topological polar surface area (TPSA) is 59.5 Å². The molecule has 200 valence electrons. The van der Waals surface area contributed by atoms with Gasteiger partial charge >= 0.3 is 0 Å². The molecule has 0 aliphatic carbocycles. The van der Waals surface area contributed by atoms with Crippen LogP contribution < -0.4 is 43.9 Å². The average Bonchev–Trinajstić information content (AvgIpc) is 3.45. The lowest BCUT2D eigenvalue weighted by molar-refractivity contribution is -0.382. The van der Waals surface area contributed by atoms with Crippen LogP contribution in [0.3, 0.4) is 0 Å². The zero-order valence-corrected chi connectivity index (χ0v) is 29.1. The van der Waals surface area contributed by atoms with Crippen LogP contribution in [0.15, 0.2) is 33.7 Å². The molecule has 2 aliphatic rings. The first-order chi connectivity index (χ1) is 16.6. The molecular weight excluding hydrogens is 724 g/mol. The van der Waals surface area contributed by atoms with Crippen LogP contribution in [0.1, 0.15) is 86.6 Å². The number of nitrogens with one attached hydrogen (secondary N) is 4. The fourth-order valence-electron chi connectivity index (χ4n) is 5.09. The molecule has 0 saturated carbocycles. The molecule has 0 bridgehead atoms. The van der Waals surface area contributed by atoms with E-state index in [-0.39, 0.29) is 34.0 Å². The van der Waals surface area contributed by atoms with E-state index in [9.17, 15) is 0 Å². The summed E-state index contributed by atoms with van der Waals surface area (Å²) in [6.45, 7) is 17.6. The quantitative estimate of drug-likeness (QED) is 0.287. The van der Waals surface area contributed by atoms with Crippen LogP contribution in [0.25, 0.3) is 12.2 Å². The fourth-order valence-corrected chi connectivity index (χ4v) is 6.11. The van der Waals surface area contributed by atoms with E-state index in [1.165, 1.54) is 67.3 Å². The highest BCUT2D eigenvalue weighted by molar-refractivity contribution is 9.18. The SMILES string of the molecule is CCc1c(Cc2[nH]c(/C=C3\[NH+]=C(Br)C(C)=C3C)c(C)c2CC)[nH]c(/C=C2\[NH+]=C(Br)C(C)=C2C)c1C.[Br-].[Br-]. The molecule has 4 rings (SSSR count). The van der Waals surface area contributed by atoms with Gasteiger partial charge in [-0.3, -0.25) is 0 Å². The summed E-state index contributed by atoms with van der Waals surface area (Å²) in [5, 5.41) is 0. The van der Waals surface area contributed by atoms with Crippen molar-refractivity contribution in [3.8, 4) is 0 Å². The van der Waals surface area contributed by atoms with Crippen molar-refractivity contribution in [2.24, 2.45) is 0 Å². The number of halogens is 4. The third-order valence-corrected chi connectivity index (χ3v) is 9.32. The number of H-pyrrole nitrogens is 2. The number of allylic oxidation sites excluding steroid dienone is 4. The van der Waals surface area contributed by atoms with E-state index in [2.05, 4.69) is 119 Å². The van der Waals surface area contributed by atoms with Gasteiger partial charge in [0.15, 0.2) is 0 Å². The van der Waals surface area contributed by atoms with Crippen molar-refractivity contribution >= 4 is 53.3 Å². The molecule has 0 aromatic carbocycles. The third kappa shape index (κ3) is 6.02. The molecule has 0 spiro atoms. The summed E-state index contributed by atoms with van der Waals surface area (Å²) in [6.07, 6.45) is 7.38. The molecule has 4 nitrogen and oxygen atoms in total. The molecule has 2 aromatic heterocycles. The van der Waals surface area contributed by atoms with E-state index >= 15 is 0 Å². The van der Waals surface area contributed by atoms with E-state index in [0.717, 1.165) is 39.9 Å². The highest BCUT2D eigenvalue weighted by atomic mass is 79.9. The summed E-state index contributed by atoms with van der Waals surface area (Å²) in [6, 6.07) is 0. The first-order valence-corrected chi connectivity index (χ1v) is 13.9. The van der Waals surface area contributed by atoms with Gasteiger partial charge in [0.2, 0.25) is 20.6 Å². The van der Waals surface area contributed by atoms with Crippen LogP contribution in [0, 0.1) is 13.8 Å². The Morgan fingerprint density at radius 3 is 1.24 bits per heavy atom. The molecule has 4 heterocycles. The molecule has 0 unspecified atom stereocenters. The first kappa shape index (κ1) is 32.0. The van der Waals surface area contributed by atoms with Crippen molar-refractivity contribution in [3.05, 3.63) is 78.7 Å². The van der Waals surface area contributed by atoms with Gasteiger partial charge in [-0.25, -0.2) is 0 Å². The largest absolute Gasteiger partial charge is 1.00 e. The fraction of sp³-hybridized carbons (Fsp3) is 0.379. The summed E-state index contributed by atoms with van der Waals surface area (Å²) in [5.74, 6) is 0. The van der Waals surface area contributed by atoms with E-state index in [0.29, 0.717) is 0 Å². The molecule has 0 radical (unpaired) electrons. The predicted molar refractivity (Wildman–Crippen MR) is 155 cm³/mol. The van der Waals surface area contributed by atoms with Gasteiger partial charge in [0, 0.05) is 95.5 Å². The smallest absolute Gasteiger partial charge is 0.250 e. The summed E-state index contributed by atoms with van der Waals surface area (Å²) in [5.41, 5.74) is 17.8. The van der Waals surface area contributed by atoms with Crippen molar-refractivity contribution in [2.75, 3.05) is 0 Å². The van der Waals surface area contributed by atoms with E-state index in [4.69, 9.17) is 0 Å². The van der Waals surface area contributed by atoms with Gasteiger partial charge in [0.25, 0.3) is 0 Å². The number of hydrogen-bond acceptors (Lipinski definition) is 0. The van der Waals surface area contributed by atoms with Gasteiger partial charge in [-0.2, -0.15) is 9.98 Å². The van der Waals surface area contributed by atoms with E-state index in [1.807, 2.05) is 0 Å². The van der Waals surface area contributed by atoms with Crippen molar-refractivity contribution < 1.29 is 43.9 Å². The maximum absolute atomic E-state index is 3.77. The minimum absolute atomic E-state index is 0. The van der Waals surface area contributed by atoms with Crippen molar-refractivity contribution in [2.45, 2.75) is 74.7 Å². The molecule has 0 saturated heterocycles. The van der Waals surface area contributed by atoms with Crippen LogP contribution in [0.4, 0.5) is 0 Å². The molecule has 0 fully saturated rings. The Bertz CT molecular complexity index is 1300. The molecule has 2 aliphatic heterocycles. The number of hydrogen-bond donors (Lipinski definition) is 4. The van der Waals surface area contributed by atoms with E-state index < -0.39 is 0 Å². The molecule has 2 aromatic rings. The molecular formula is C29H36Br4N4. The van der Waals surface area contributed by atoms with Crippen LogP contribution in [0.2, 0.25) is 0 Å². The van der Waals surface area contributed by atoms with Crippen LogP contribution >= 0.6 is 31.9 Å². The Kier molecular flexibility index (Phi) is 11.0. The van der Waals surface area contributed by atoms with Gasteiger partial charge in [-0.15, -0.1) is 0 Å². The summed E-state index contributed by atoms with van der Waals surface area (Å²) >= 11 is 7.27. The van der Waals surface area contributed by atoms with Gasteiger partial charge < -0.3 is 43.9 Å². The van der Waals surface area contributed by atoms with Crippen LogP contribution in [-0.2, 0) is 19.3 Å². The lowest BCUT2D eigenvalue weighted by Crippen LogP contribution is -3.00. The van der Waals surface area contributed by atoms with Crippen LogP contribution in [-0.4, -0.2) is 19.2 Å². The number of aromatic nitrogens is 2. The lowest BCUT2D eigenvalue weighted by Gasteiger charge is -2.05. The zero-order chi connectivity index (χ0) is 25.6. The monoisotopic (exact) mass is 756 g/mol. The molecule has 0 amide bonds. The molecule has 37 heavy (non-hydrogen) atoms. The Hall–Kier alpha value is -1.22. The zero-order valence-electron chi connectivity index (χ0n) is 22.8. The van der Waals surface area contributed by atoms with Gasteiger partial charge in [-0.05, 0) is 76.6 Å². The minimum Gasteiger partial charge on any atom is -1.00 e. The maximum Gasteiger partial charge on any atom is 0.250 e. The van der Waals surface area contributed by atoms with Crippen molar-refractivity contribution in [3.63, 3.8) is 0 Å². The highest BCUT2D eigenvalue weighted by Gasteiger charge is 2.25. The van der Waals surface area contributed by atoms with Gasteiger partial charge in [0.1, 0.15) is 0 Å². The first-order valence-electron chi connectivity index (χ1n) is 12.4.